The Morgan fingerprint density at radius 2 is 0.603 bits per heavy atom. The maximum atomic E-state index is 7.04. The molecular formula is C64H46N2O2. The average molecular weight is 875 g/mol. The second-order valence-electron chi connectivity index (χ2n) is 19.7. The van der Waals surface area contributed by atoms with E-state index in [4.69, 9.17) is 9.47 Å². The van der Waals surface area contributed by atoms with Crippen LogP contribution in [0.15, 0.2) is 206 Å². The van der Waals surface area contributed by atoms with Crippen LogP contribution >= 0.6 is 0 Å². The summed E-state index contributed by atoms with van der Waals surface area (Å²) in [6.45, 7) is 9.42. The van der Waals surface area contributed by atoms with Gasteiger partial charge in [-0.2, -0.15) is 0 Å². The van der Waals surface area contributed by atoms with Crippen molar-refractivity contribution in [2.45, 2.75) is 38.5 Å². The van der Waals surface area contributed by atoms with Gasteiger partial charge in [0, 0.05) is 79.0 Å². The smallest absolute Gasteiger partial charge is 0.137 e. The Bertz CT molecular complexity index is 3610. The second-order valence-corrected chi connectivity index (χ2v) is 19.7. The molecule has 0 radical (unpaired) electrons. The highest BCUT2D eigenvalue weighted by molar-refractivity contribution is 6.14. The molecule has 68 heavy (non-hydrogen) atoms. The van der Waals surface area contributed by atoms with Gasteiger partial charge >= 0.3 is 0 Å². The third-order valence-corrected chi connectivity index (χ3v) is 15.2. The van der Waals surface area contributed by atoms with Crippen molar-refractivity contribution in [2.75, 3.05) is 9.80 Å². The fourth-order valence-electron chi connectivity index (χ4n) is 11.9. The molecule has 0 spiro atoms. The van der Waals surface area contributed by atoms with E-state index >= 15 is 0 Å². The van der Waals surface area contributed by atoms with E-state index < -0.39 is 0 Å². The van der Waals surface area contributed by atoms with Gasteiger partial charge in [0.25, 0.3) is 0 Å². The van der Waals surface area contributed by atoms with Crippen molar-refractivity contribution >= 4 is 44.9 Å². The minimum absolute atomic E-state index is 0.145. The van der Waals surface area contributed by atoms with Gasteiger partial charge in [-0.15, -0.1) is 0 Å². The quantitative estimate of drug-likeness (QED) is 0.166. The number of hydrogen-bond donors (Lipinski definition) is 0. The van der Waals surface area contributed by atoms with E-state index in [1.807, 2.05) is 0 Å². The van der Waals surface area contributed by atoms with Gasteiger partial charge in [0.05, 0.1) is 0 Å². The monoisotopic (exact) mass is 874 g/mol. The molecule has 0 atom stereocenters. The summed E-state index contributed by atoms with van der Waals surface area (Å²) in [5.74, 6) is 3.31. The van der Waals surface area contributed by atoms with Crippen LogP contribution in [0, 0.1) is 0 Å². The van der Waals surface area contributed by atoms with Crippen LogP contribution in [0.3, 0.4) is 0 Å². The number of nitrogens with zero attached hydrogens (tertiary/aromatic N) is 2. The van der Waals surface area contributed by atoms with Gasteiger partial charge in [-0.25, -0.2) is 0 Å². The van der Waals surface area contributed by atoms with Crippen LogP contribution in [0.4, 0.5) is 34.1 Å². The van der Waals surface area contributed by atoms with Crippen molar-refractivity contribution < 1.29 is 9.47 Å². The van der Waals surface area contributed by atoms with Crippen molar-refractivity contribution in [3.05, 3.63) is 229 Å². The molecule has 0 unspecified atom stereocenters. The van der Waals surface area contributed by atoms with Crippen molar-refractivity contribution in [3.8, 4) is 67.5 Å². The molecule has 10 aromatic carbocycles. The molecule has 2 heterocycles. The summed E-state index contributed by atoms with van der Waals surface area (Å²) in [4.78, 5) is 4.70. The molecule has 10 aromatic rings. The average Bonchev–Trinajstić information content (AvgIpc) is 3.74. The number of anilines is 6. The van der Waals surface area contributed by atoms with E-state index in [0.29, 0.717) is 0 Å². The molecule has 0 saturated carbocycles. The lowest BCUT2D eigenvalue weighted by molar-refractivity contribution is 0.480. The zero-order valence-corrected chi connectivity index (χ0v) is 38.3. The fraction of sp³-hybridized carbons (Fsp3) is 0.0938. The summed E-state index contributed by atoms with van der Waals surface area (Å²) in [6.07, 6.45) is 0. The molecule has 324 valence electrons. The largest absolute Gasteiger partial charge is 0.456 e. The molecule has 0 amide bonds. The fourth-order valence-corrected chi connectivity index (χ4v) is 11.9. The number of hydrogen-bond acceptors (Lipinski definition) is 4. The Hall–Kier alpha value is -8.34. The van der Waals surface area contributed by atoms with E-state index in [-0.39, 0.29) is 10.8 Å². The molecule has 4 heteroatoms. The van der Waals surface area contributed by atoms with Crippen LogP contribution in [0.5, 0.6) is 23.0 Å². The molecule has 0 bridgehead atoms. The van der Waals surface area contributed by atoms with Gasteiger partial charge in [0.1, 0.15) is 23.0 Å². The maximum absolute atomic E-state index is 7.04. The van der Waals surface area contributed by atoms with Gasteiger partial charge in [0.15, 0.2) is 0 Å². The maximum Gasteiger partial charge on any atom is 0.137 e. The van der Waals surface area contributed by atoms with Crippen molar-refractivity contribution in [1.82, 2.24) is 0 Å². The molecule has 14 rings (SSSR count). The lowest BCUT2D eigenvalue weighted by Crippen LogP contribution is -2.18. The first kappa shape index (κ1) is 38.9. The molecule has 0 aromatic heterocycles. The standard InChI is InChI=1S/C64H46N2O2/c1-63(2)53-21-13-11-19-45(53)47-27-23-41(35-55(47)63)66(42-24-28-48-46-20-12-14-22-54(46)64(3,4)56(48)36-42)44-26-30-50-52-32-33-57-61-51(31-34-58(62(52)61)68-60(50)38-44)49-29-25-43(37-59(49)67-57)65(39-15-7-5-8-16-39)40-17-9-6-10-18-40/h5-38H,1-4H3. The molecular weight excluding hydrogens is 829 g/mol. The highest BCUT2D eigenvalue weighted by Gasteiger charge is 2.38. The van der Waals surface area contributed by atoms with Crippen LogP contribution in [-0.2, 0) is 10.8 Å². The molecule has 0 fully saturated rings. The van der Waals surface area contributed by atoms with E-state index in [1.165, 1.54) is 44.5 Å². The number of ether oxygens (including phenoxy) is 2. The first-order valence-corrected chi connectivity index (χ1v) is 23.7. The third-order valence-electron chi connectivity index (χ3n) is 15.2. The van der Waals surface area contributed by atoms with Crippen molar-refractivity contribution in [3.63, 3.8) is 0 Å². The van der Waals surface area contributed by atoms with Crippen LogP contribution < -0.4 is 19.3 Å². The third kappa shape index (κ3) is 5.49. The van der Waals surface area contributed by atoms with Gasteiger partial charge in [-0.3, -0.25) is 0 Å². The van der Waals surface area contributed by atoms with Gasteiger partial charge in [0.2, 0.25) is 0 Å². The Balaban J connectivity index is 0.885. The first-order valence-electron chi connectivity index (χ1n) is 23.7. The summed E-state index contributed by atoms with van der Waals surface area (Å²) < 4.78 is 13.9. The predicted octanol–water partition coefficient (Wildman–Crippen LogP) is 17.9. The zero-order valence-electron chi connectivity index (χ0n) is 38.3. The lowest BCUT2D eigenvalue weighted by Gasteiger charge is -2.31. The minimum atomic E-state index is -0.145. The normalized spacial score (nSPS) is 14.4. The van der Waals surface area contributed by atoms with Crippen LogP contribution in [0.2, 0.25) is 0 Å². The molecule has 4 aliphatic rings. The molecule has 4 nitrogen and oxygen atoms in total. The second kappa shape index (κ2) is 14.1. The Morgan fingerprint density at radius 3 is 1.04 bits per heavy atom. The summed E-state index contributed by atoms with van der Waals surface area (Å²) in [5, 5.41) is 2.14. The highest BCUT2D eigenvalue weighted by Crippen LogP contribution is 2.58. The molecule has 2 aliphatic carbocycles. The number of rotatable bonds is 6. The van der Waals surface area contributed by atoms with E-state index in [1.54, 1.807) is 0 Å². The predicted molar refractivity (Wildman–Crippen MR) is 279 cm³/mol. The Morgan fingerprint density at radius 1 is 0.265 bits per heavy atom. The van der Waals surface area contributed by atoms with Crippen molar-refractivity contribution in [1.29, 1.82) is 0 Å². The summed E-state index contributed by atoms with van der Waals surface area (Å²) in [6, 6.07) is 74.8. The highest BCUT2D eigenvalue weighted by atomic mass is 16.5. The molecule has 0 N–H and O–H groups in total. The summed E-state index contributed by atoms with van der Waals surface area (Å²) in [7, 11) is 0. The van der Waals surface area contributed by atoms with Crippen molar-refractivity contribution in [2.24, 2.45) is 0 Å². The SMILES string of the molecule is CC1(C)c2ccccc2-c2ccc(N(c3ccc4c(c3)Oc3ccc5c6c(ccc-4c36)Oc3cc(N(c4ccccc4)c4ccccc4)ccc3-5)c3ccc4c(c3)C(C)(C)c3ccccc3-4)cc21. The van der Waals surface area contributed by atoms with E-state index in [9.17, 15) is 0 Å². The first-order chi connectivity index (χ1) is 33.2. The van der Waals surface area contributed by atoms with Gasteiger partial charge in [-0.05, 0) is 153 Å². The topological polar surface area (TPSA) is 24.9 Å². The van der Waals surface area contributed by atoms with Gasteiger partial charge in [-0.1, -0.05) is 125 Å². The zero-order chi connectivity index (χ0) is 45.5. The minimum Gasteiger partial charge on any atom is -0.456 e. The summed E-state index contributed by atoms with van der Waals surface area (Å²) in [5.41, 5.74) is 21.2. The van der Waals surface area contributed by atoms with Crippen LogP contribution in [0.25, 0.3) is 55.3 Å². The number of para-hydroxylation sites is 2. The number of benzene rings is 10. The summed E-state index contributed by atoms with van der Waals surface area (Å²) >= 11 is 0. The lowest BCUT2D eigenvalue weighted by atomic mass is 9.82. The Labute approximate surface area is 396 Å². The van der Waals surface area contributed by atoms with Crippen LogP contribution in [0.1, 0.15) is 49.9 Å². The van der Waals surface area contributed by atoms with E-state index in [2.05, 4.69) is 244 Å². The molecule has 0 saturated heterocycles. The molecule has 2 aliphatic heterocycles. The van der Waals surface area contributed by atoms with E-state index in [0.717, 1.165) is 90.1 Å². The number of fused-ring (bicyclic) bond motifs is 10. The van der Waals surface area contributed by atoms with Gasteiger partial charge < -0.3 is 19.3 Å². The Kier molecular flexibility index (Phi) is 8.06. The van der Waals surface area contributed by atoms with Crippen LogP contribution in [-0.4, -0.2) is 0 Å².